The van der Waals surface area contributed by atoms with E-state index in [0.29, 0.717) is 19.3 Å². The van der Waals surface area contributed by atoms with Crippen molar-refractivity contribution in [2.75, 3.05) is 13.2 Å². The van der Waals surface area contributed by atoms with Gasteiger partial charge in [0.2, 0.25) is 0 Å². The molecule has 0 fully saturated rings. The average molecular weight is 1030 g/mol. The zero-order valence-electron chi connectivity index (χ0n) is 50.4. The molecular weight excluding hydrogens is 901 g/mol. The van der Waals surface area contributed by atoms with Crippen LogP contribution in [0.25, 0.3) is 0 Å². The van der Waals surface area contributed by atoms with Crippen molar-refractivity contribution in [3.63, 3.8) is 0 Å². The average Bonchev–Trinajstić information content (AvgIpc) is 3.38. The van der Waals surface area contributed by atoms with Crippen molar-refractivity contribution in [1.29, 1.82) is 0 Å². The maximum atomic E-state index is 12.9. The number of hydrogen-bond acceptors (Lipinski definition) is 6. The van der Waals surface area contributed by atoms with Crippen LogP contribution in [0.3, 0.4) is 0 Å². The normalized spacial score (nSPS) is 12.9. The number of carbonyl (C=O) groups excluding carboxylic acids is 3. The number of ether oxygens (including phenoxy) is 3. The zero-order chi connectivity index (χ0) is 53.3. The molecule has 6 heteroatoms. The fourth-order valence-electron chi connectivity index (χ4n) is 10.3. The highest BCUT2D eigenvalue weighted by Crippen LogP contribution is 2.20. The third-order valence-corrected chi connectivity index (χ3v) is 16.1. The summed E-state index contributed by atoms with van der Waals surface area (Å²) in [5, 5.41) is 0. The summed E-state index contributed by atoms with van der Waals surface area (Å²) in [6.07, 6.45) is 63.8. The van der Waals surface area contributed by atoms with Crippen molar-refractivity contribution >= 4 is 17.9 Å². The zero-order valence-corrected chi connectivity index (χ0v) is 50.4. The van der Waals surface area contributed by atoms with Gasteiger partial charge in [-0.15, -0.1) is 0 Å². The lowest BCUT2D eigenvalue weighted by molar-refractivity contribution is -0.167. The van der Waals surface area contributed by atoms with Gasteiger partial charge in [-0.1, -0.05) is 337 Å². The molecule has 0 aliphatic heterocycles. The van der Waals surface area contributed by atoms with Crippen LogP contribution in [-0.2, 0) is 28.6 Å². The molecule has 0 amide bonds. The lowest BCUT2D eigenvalue weighted by Gasteiger charge is -2.18. The van der Waals surface area contributed by atoms with Gasteiger partial charge in [0.1, 0.15) is 13.2 Å². The van der Waals surface area contributed by atoms with Gasteiger partial charge in [-0.3, -0.25) is 14.4 Å². The van der Waals surface area contributed by atoms with Gasteiger partial charge in [-0.25, -0.2) is 0 Å². The van der Waals surface area contributed by atoms with E-state index in [0.717, 1.165) is 75.5 Å². The van der Waals surface area contributed by atoms with Crippen molar-refractivity contribution < 1.29 is 28.6 Å². The first-order valence-corrected chi connectivity index (χ1v) is 33.2. The molecule has 0 aliphatic carbocycles. The van der Waals surface area contributed by atoms with Crippen LogP contribution in [0, 0.1) is 17.8 Å². The Balaban J connectivity index is 4.27. The van der Waals surface area contributed by atoms with Crippen LogP contribution in [0.2, 0.25) is 0 Å². The van der Waals surface area contributed by atoms with Gasteiger partial charge >= 0.3 is 17.9 Å². The van der Waals surface area contributed by atoms with Gasteiger partial charge in [-0.05, 0) is 37.0 Å². The number of carbonyl (C=O) groups is 3. The lowest BCUT2D eigenvalue weighted by Crippen LogP contribution is -2.30. The molecule has 0 aliphatic rings. The van der Waals surface area contributed by atoms with Crippen LogP contribution in [0.1, 0.15) is 375 Å². The molecule has 0 bridgehead atoms. The molecule has 434 valence electrons. The van der Waals surface area contributed by atoms with Crippen molar-refractivity contribution in [2.24, 2.45) is 17.8 Å². The number of hydrogen-bond donors (Lipinski definition) is 0. The maximum Gasteiger partial charge on any atom is 0.306 e. The molecule has 0 N–H and O–H groups in total. The second-order valence-corrected chi connectivity index (χ2v) is 24.1. The van der Waals surface area contributed by atoms with E-state index in [-0.39, 0.29) is 31.1 Å². The standard InChI is InChI=1S/C67H130O6/c1-7-62(5)54-48-42-36-30-24-20-16-11-9-10-12-18-22-26-34-40-46-52-58-67(70)73-64(60-72-66(69)57-51-45-39-33-28-27-31-37-43-49-55-63(6)8-2)59-71-65(68)56-50-44-38-32-25-21-17-14-13-15-19-23-29-35-41-47-53-61(3)4/h61-64H,7-60H2,1-6H3/t62?,63?,64-/m1/s1. The second-order valence-electron chi connectivity index (χ2n) is 24.1. The van der Waals surface area contributed by atoms with E-state index in [2.05, 4.69) is 41.5 Å². The third-order valence-electron chi connectivity index (χ3n) is 16.1. The van der Waals surface area contributed by atoms with Gasteiger partial charge in [0, 0.05) is 19.3 Å². The van der Waals surface area contributed by atoms with E-state index in [1.54, 1.807) is 0 Å². The van der Waals surface area contributed by atoms with Crippen LogP contribution in [0.15, 0.2) is 0 Å². The van der Waals surface area contributed by atoms with Gasteiger partial charge in [-0.2, -0.15) is 0 Å². The van der Waals surface area contributed by atoms with Gasteiger partial charge < -0.3 is 14.2 Å². The Morgan fingerprint density at radius 1 is 0.274 bits per heavy atom. The van der Waals surface area contributed by atoms with E-state index < -0.39 is 6.10 Å². The summed E-state index contributed by atoms with van der Waals surface area (Å²) in [7, 11) is 0. The Morgan fingerprint density at radius 2 is 0.479 bits per heavy atom. The van der Waals surface area contributed by atoms with E-state index in [1.165, 1.54) is 257 Å². The summed E-state index contributed by atoms with van der Waals surface area (Å²) in [6.45, 7) is 13.9. The topological polar surface area (TPSA) is 78.9 Å². The van der Waals surface area contributed by atoms with Crippen molar-refractivity contribution in [3.8, 4) is 0 Å². The molecule has 0 spiro atoms. The monoisotopic (exact) mass is 1030 g/mol. The Bertz CT molecular complexity index is 1140. The van der Waals surface area contributed by atoms with Gasteiger partial charge in [0.05, 0.1) is 0 Å². The minimum absolute atomic E-state index is 0.0625. The molecule has 3 atom stereocenters. The smallest absolute Gasteiger partial charge is 0.306 e. The number of unbranched alkanes of at least 4 members (excludes halogenated alkanes) is 41. The summed E-state index contributed by atoms with van der Waals surface area (Å²) in [5.74, 6) is 1.80. The van der Waals surface area contributed by atoms with Crippen LogP contribution >= 0.6 is 0 Å². The fourth-order valence-corrected chi connectivity index (χ4v) is 10.3. The summed E-state index contributed by atoms with van der Waals surface area (Å²) in [5.41, 5.74) is 0. The third kappa shape index (κ3) is 57.9. The molecule has 0 aromatic heterocycles. The molecule has 0 saturated heterocycles. The first-order chi connectivity index (χ1) is 35.7. The second kappa shape index (κ2) is 58.1. The van der Waals surface area contributed by atoms with Crippen LogP contribution in [0.5, 0.6) is 0 Å². The summed E-state index contributed by atoms with van der Waals surface area (Å²) in [6, 6.07) is 0. The minimum atomic E-state index is -0.765. The highest BCUT2D eigenvalue weighted by Gasteiger charge is 2.20. The van der Waals surface area contributed by atoms with Crippen molar-refractivity contribution in [3.05, 3.63) is 0 Å². The number of esters is 3. The highest BCUT2D eigenvalue weighted by atomic mass is 16.6. The Hall–Kier alpha value is -1.59. The molecule has 2 unspecified atom stereocenters. The molecule has 6 nitrogen and oxygen atoms in total. The molecule has 0 aromatic rings. The largest absolute Gasteiger partial charge is 0.462 e. The van der Waals surface area contributed by atoms with E-state index in [4.69, 9.17) is 14.2 Å². The van der Waals surface area contributed by atoms with Gasteiger partial charge in [0.15, 0.2) is 6.10 Å². The Labute approximate surface area is 457 Å². The first-order valence-electron chi connectivity index (χ1n) is 33.2. The van der Waals surface area contributed by atoms with Crippen LogP contribution < -0.4 is 0 Å². The highest BCUT2D eigenvalue weighted by molar-refractivity contribution is 5.71. The molecule has 0 heterocycles. The van der Waals surface area contributed by atoms with E-state index in [1.807, 2.05) is 0 Å². The summed E-state index contributed by atoms with van der Waals surface area (Å²) >= 11 is 0. The van der Waals surface area contributed by atoms with Crippen LogP contribution in [0.4, 0.5) is 0 Å². The minimum Gasteiger partial charge on any atom is -0.462 e. The summed E-state index contributed by atoms with van der Waals surface area (Å²) in [4.78, 5) is 38.4. The molecule has 0 saturated carbocycles. The summed E-state index contributed by atoms with van der Waals surface area (Å²) < 4.78 is 17.0. The molecule has 0 rings (SSSR count). The molecule has 0 radical (unpaired) electrons. The molecule has 0 aromatic carbocycles. The Kier molecular flexibility index (Phi) is 56.8. The predicted molar refractivity (Wildman–Crippen MR) is 316 cm³/mol. The first kappa shape index (κ1) is 71.4. The quantitative estimate of drug-likeness (QED) is 0.0343. The predicted octanol–water partition coefficient (Wildman–Crippen LogP) is 22.2. The van der Waals surface area contributed by atoms with Crippen molar-refractivity contribution in [1.82, 2.24) is 0 Å². The van der Waals surface area contributed by atoms with Crippen molar-refractivity contribution in [2.45, 2.75) is 382 Å². The van der Waals surface area contributed by atoms with E-state index in [9.17, 15) is 14.4 Å². The van der Waals surface area contributed by atoms with Gasteiger partial charge in [0.25, 0.3) is 0 Å². The Morgan fingerprint density at radius 3 is 0.712 bits per heavy atom. The van der Waals surface area contributed by atoms with Crippen LogP contribution in [-0.4, -0.2) is 37.2 Å². The molecule has 73 heavy (non-hydrogen) atoms. The maximum absolute atomic E-state index is 12.9. The number of rotatable bonds is 60. The fraction of sp³-hybridized carbons (Fsp3) is 0.955. The molecular formula is C67H130O6. The van der Waals surface area contributed by atoms with E-state index >= 15 is 0 Å². The SMILES string of the molecule is CCC(C)CCCCCCCCCCCCCCCCCCCCC(=O)O[C@H](COC(=O)CCCCCCCCCCCCCCCCCCC(C)C)COC(=O)CCCCCCCCCCCCC(C)CC. The lowest BCUT2D eigenvalue weighted by atomic mass is 9.99.